The van der Waals surface area contributed by atoms with Gasteiger partial charge in [-0.25, -0.2) is 9.18 Å². The number of carbonyl (C=O) groups is 4. The summed E-state index contributed by atoms with van der Waals surface area (Å²) < 4.78 is 31.2. The van der Waals surface area contributed by atoms with Gasteiger partial charge in [-0.2, -0.15) is 0 Å². The van der Waals surface area contributed by atoms with Crippen LogP contribution < -0.4 is 9.47 Å². The molecule has 2 saturated heterocycles. The predicted molar refractivity (Wildman–Crippen MR) is 145 cm³/mol. The predicted octanol–water partition coefficient (Wildman–Crippen LogP) is 3.71. The van der Waals surface area contributed by atoms with Crippen LogP contribution in [0, 0.1) is 0 Å². The van der Waals surface area contributed by atoms with Crippen LogP contribution in [0.25, 0.3) is 0 Å². The van der Waals surface area contributed by atoms with Gasteiger partial charge in [0.25, 0.3) is 11.8 Å². The molecular formula is C30H34FN3O7. The number of benzene rings is 2. The number of rotatable bonds is 6. The molecule has 0 aromatic heterocycles. The van der Waals surface area contributed by atoms with Crippen LogP contribution in [0.1, 0.15) is 55.1 Å². The van der Waals surface area contributed by atoms with Crippen molar-refractivity contribution in [2.24, 2.45) is 0 Å². The van der Waals surface area contributed by atoms with Gasteiger partial charge in [0, 0.05) is 18.5 Å². The molecular weight excluding hydrogens is 533 g/mol. The number of methoxy groups -OCH3 is 1. The molecule has 10 nitrogen and oxygen atoms in total. The summed E-state index contributed by atoms with van der Waals surface area (Å²) in [7, 11) is 1.56. The Hall–Kier alpha value is -4.15. The molecule has 3 atom stereocenters. The third-order valence-electron chi connectivity index (χ3n) is 7.41. The number of amides is 4. The summed E-state index contributed by atoms with van der Waals surface area (Å²) in [5.41, 5.74) is 1.16. The van der Waals surface area contributed by atoms with Crippen LogP contribution in [0.2, 0.25) is 0 Å². The highest BCUT2D eigenvalue weighted by Crippen LogP contribution is 2.33. The highest BCUT2D eigenvalue weighted by molar-refractivity contribution is 6.05. The van der Waals surface area contributed by atoms with Crippen molar-refractivity contribution in [2.45, 2.75) is 70.6 Å². The topological polar surface area (TPSA) is 106 Å². The van der Waals surface area contributed by atoms with Crippen molar-refractivity contribution in [3.8, 4) is 11.5 Å². The molecule has 0 spiro atoms. The Labute approximate surface area is 237 Å². The third-order valence-corrected chi connectivity index (χ3v) is 7.41. The molecule has 3 aliphatic rings. The van der Waals surface area contributed by atoms with Gasteiger partial charge in [0.05, 0.1) is 26.7 Å². The van der Waals surface area contributed by atoms with Crippen molar-refractivity contribution >= 4 is 23.8 Å². The minimum absolute atomic E-state index is 0.0346. The molecule has 0 unspecified atom stereocenters. The molecule has 11 heteroatoms. The van der Waals surface area contributed by atoms with Crippen molar-refractivity contribution in [2.75, 3.05) is 20.2 Å². The van der Waals surface area contributed by atoms with Crippen LogP contribution in [-0.4, -0.2) is 82.6 Å². The molecule has 0 aliphatic carbocycles. The van der Waals surface area contributed by atoms with E-state index in [2.05, 4.69) is 0 Å². The third kappa shape index (κ3) is 5.98. The van der Waals surface area contributed by atoms with Crippen LogP contribution in [0.5, 0.6) is 11.5 Å². The van der Waals surface area contributed by atoms with E-state index < -0.39 is 35.9 Å². The minimum atomic E-state index is -1.40. The van der Waals surface area contributed by atoms with Crippen molar-refractivity contribution in [3.05, 3.63) is 59.2 Å². The lowest BCUT2D eigenvalue weighted by Gasteiger charge is -2.35. The zero-order valence-corrected chi connectivity index (χ0v) is 23.6. The SMILES string of the molecule is COc1ccc(CN2C(=O)CC[C@@H](N3Cc4cc(O[C@@H]5CN(C(=O)OC(C)(C)C)C[C@H]5F)ccc4C3=O)C2=O)cc1. The second kappa shape index (κ2) is 11.0. The molecule has 5 rings (SSSR count). The fourth-order valence-corrected chi connectivity index (χ4v) is 5.33. The van der Waals surface area contributed by atoms with Gasteiger partial charge in [-0.15, -0.1) is 0 Å². The molecule has 2 aromatic rings. The van der Waals surface area contributed by atoms with Gasteiger partial charge >= 0.3 is 6.09 Å². The van der Waals surface area contributed by atoms with Crippen molar-refractivity contribution < 1.29 is 37.8 Å². The molecule has 3 heterocycles. The highest BCUT2D eigenvalue weighted by atomic mass is 19.1. The van der Waals surface area contributed by atoms with Gasteiger partial charge in [0.15, 0.2) is 6.17 Å². The van der Waals surface area contributed by atoms with E-state index in [0.29, 0.717) is 22.6 Å². The lowest BCUT2D eigenvalue weighted by atomic mass is 10.0. The van der Waals surface area contributed by atoms with Crippen LogP contribution in [0.4, 0.5) is 9.18 Å². The molecule has 0 saturated carbocycles. The second-order valence-corrected chi connectivity index (χ2v) is 11.5. The van der Waals surface area contributed by atoms with E-state index >= 15 is 0 Å². The molecule has 3 aliphatic heterocycles. The first-order valence-corrected chi connectivity index (χ1v) is 13.6. The summed E-state index contributed by atoms with van der Waals surface area (Å²) in [5.74, 6) is 0.0391. The van der Waals surface area contributed by atoms with Crippen molar-refractivity contribution in [3.63, 3.8) is 0 Å². The summed E-state index contributed by atoms with van der Waals surface area (Å²) in [6.45, 7) is 5.41. The lowest BCUT2D eigenvalue weighted by molar-refractivity contribution is -0.153. The Kier molecular flexibility index (Phi) is 7.63. The molecule has 0 bridgehead atoms. The molecule has 0 N–H and O–H groups in total. The van der Waals surface area contributed by atoms with Gasteiger partial charge in [-0.3, -0.25) is 19.3 Å². The molecule has 2 fully saturated rings. The van der Waals surface area contributed by atoms with E-state index in [1.807, 2.05) is 0 Å². The normalized spacial score (nSPS) is 22.7. The van der Waals surface area contributed by atoms with Gasteiger partial charge in [-0.1, -0.05) is 12.1 Å². The highest BCUT2D eigenvalue weighted by Gasteiger charge is 2.43. The maximum absolute atomic E-state index is 14.8. The Morgan fingerprint density at radius 2 is 1.73 bits per heavy atom. The van der Waals surface area contributed by atoms with Crippen LogP contribution in [0.3, 0.4) is 0 Å². The number of carbonyl (C=O) groups excluding carboxylic acids is 4. The zero-order valence-electron chi connectivity index (χ0n) is 23.6. The number of alkyl halides is 1. The number of ether oxygens (including phenoxy) is 3. The van der Waals surface area contributed by atoms with Gasteiger partial charge in [0.2, 0.25) is 5.91 Å². The largest absolute Gasteiger partial charge is 0.497 e. The fraction of sp³-hybridized carbons (Fsp3) is 0.467. The quantitative estimate of drug-likeness (QED) is 0.490. The number of hydrogen-bond acceptors (Lipinski definition) is 7. The van der Waals surface area contributed by atoms with E-state index in [-0.39, 0.29) is 50.8 Å². The minimum Gasteiger partial charge on any atom is -0.497 e. The zero-order chi connectivity index (χ0) is 29.5. The Morgan fingerprint density at radius 1 is 1.02 bits per heavy atom. The monoisotopic (exact) mass is 567 g/mol. The van der Waals surface area contributed by atoms with E-state index in [0.717, 1.165) is 5.56 Å². The first-order chi connectivity index (χ1) is 19.4. The summed E-state index contributed by atoms with van der Waals surface area (Å²) in [6.07, 6.45) is -2.49. The Bertz CT molecular complexity index is 1360. The molecule has 4 amide bonds. The fourth-order valence-electron chi connectivity index (χ4n) is 5.33. The summed E-state index contributed by atoms with van der Waals surface area (Å²) in [5, 5.41) is 0. The average molecular weight is 568 g/mol. The summed E-state index contributed by atoms with van der Waals surface area (Å²) in [4.78, 5) is 55.7. The number of nitrogens with zero attached hydrogens (tertiary/aromatic N) is 3. The number of likely N-dealkylation sites (tertiary alicyclic amines) is 2. The Morgan fingerprint density at radius 3 is 2.41 bits per heavy atom. The van der Waals surface area contributed by atoms with E-state index in [1.54, 1.807) is 70.3 Å². The van der Waals surface area contributed by atoms with Gasteiger partial charge < -0.3 is 24.0 Å². The second-order valence-electron chi connectivity index (χ2n) is 11.5. The van der Waals surface area contributed by atoms with Gasteiger partial charge in [-0.05, 0) is 68.7 Å². The molecule has 2 aromatic carbocycles. The molecule has 0 radical (unpaired) electrons. The number of imide groups is 1. The first-order valence-electron chi connectivity index (χ1n) is 13.6. The van der Waals surface area contributed by atoms with Crippen molar-refractivity contribution in [1.29, 1.82) is 0 Å². The number of fused-ring (bicyclic) bond motifs is 1. The molecule has 41 heavy (non-hydrogen) atoms. The smallest absolute Gasteiger partial charge is 0.410 e. The number of halogens is 1. The van der Waals surface area contributed by atoms with Crippen molar-refractivity contribution in [1.82, 2.24) is 14.7 Å². The summed E-state index contributed by atoms with van der Waals surface area (Å²) in [6, 6.07) is 11.2. The Balaban J connectivity index is 1.25. The van der Waals surface area contributed by atoms with E-state index in [1.165, 1.54) is 14.7 Å². The van der Waals surface area contributed by atoms with Crippen LogP contribution in [-0.2, 0) is 27.4 Å². The van der Waals surface area contributed by atoms with Crippen LogP contribution >= 0.6 is 0 Å². The van der Waals surface area contributed by atoms with E-state index in [4.69, 9.17) is 14.2 Å². The van der Waals surface area contributed by atoms with Crippen LogP contribution in [0.15, 0.2) is 42.5 Å². The number of hydrogen-bond donors (Lipinski definition) is 0. The maximum Gasteiger partial charge on any atom is 0.410 e. The average Bonchev–Trinajstić information content (AvgIpc) is 3.45. The van der Waals surface area contributed by atoms with E-state index in [9.17, 15) is 23.6 Å². The maximum atomic E-state index is 14.8. The number of piperidine rings is 1. The standard InChI is InChI=1S/C30H34FN3O7/c1-30(2,3)41-29(38)32-16-23(31)25(17-32)40-21-9-10-22-19(13-21)15-33(27(22)36)24-11-12-26(35)34(28(24)37)14-18-5-7-20(39-4)8-6-18/h5-10,13,23-25H,11-12,14-17H2,1-4H3/t23-,24-,25-/m1/s1. The first kappa shape index (κ1) is 28.4. The summed E-state index contributed by atoms with van der Waals surface area (Å²) >= 11 is 0. The lowest BCUT2D eigenvalue weighted by Crippen LogP contribution is -2.54. The van der Waals surface area contributed by atoms with Gasteiger partial charge in [0.1, 0.15) is 29.2 Å². The molecule has 218 valence electrons.